The Kier molecular flexibility index (Phi) is 11.7. The summed E-state index contributed by atoms with van der Waals surface area (Å²) in [6.45, 7) is 0. The number of nitrogens with one attached hydrogen (secondary N) is 4. The summed E-state index contributed by atoms with van der Waals surface area (Å²) >= 11 is 0. The van der Waals surface area contributed by atoms with Crippen molar-refractivity contribution in [2.75, 3.05) is 0 Å². The van der Waals surface area contributed by atoms with Gasteiger partial charge in [0.2, 0.25) is 17.7 Å². The fourth-order valence-corrected chi connectivity index (χ4v) is 4.19. The highest BCUT2D eigenvalue weighted by atomic mass is 16.4. The number of rotatable bonds is 16. The molecule has 0 aliphatic carbocycles. The van der Waals surface area contributed by atoms with Crippen molar-refractivity contribution in [1.29, 1.82) is 0 Å². The van der Waals surface area contributed by atoms with E-state index >= 15 is 0 Å². The summed E-state index contributed by atoms with van der Waals surface area (Å²) in [7, 11) is 0. The number of carboxylic acids is 2. The molecule has 3 rings (SSSR count). The number of hydrogen-bond acceptors (Lipinski definition) is 7. The lowest BCUT2D eigenvalue weighted by Crippen LogP contribution is -2.58. The minimum absolute atomic E-state index is 0.0254. The molecule has 4 unspecified atom stereocenters. The molecule has 222 valence electrons. The molecule has 42 heavy (non-hydrogen) atoms. The minimum atomic E-state index is -1.39. The molecule has 0 aliphatic heterocycles. The third-order valence-corrected chi connectivity index (χ3v) is 6.42. The van der Waals surface area contributed by atoms with Gasteiger partial charge >= 0.3 is 11.9 Å². The van der Waals surface area contributed by atoms with Crippen LogP contribution in [0.5, 0.6) is 0 Å². The molecule has 2 aromatic carbocycles. The second kappa shape index (κ2) is 15.7. The molecule has 0 spiro atoms. The van der Waals surface area contributed by atoms with Crippen LogP contribution in [0.2, 0.25) is 0 Å². The maximum absolute atomic E-state index is 13.5. The van der Waals surface area contributed by atoms with Gasteiger partial charge in [-0.1, -0.05) is 60.7 Å². The number of hydrogen-bond donors (Lipinski definition) is 7. The van der Waals surface area contributed by atoms with Gasteiger partial charge in [-0.3, -0.25) is 19.2 Å². The highest BCUT2D eigenvalue weighted by molar-refractivity contribution is 5.94. The molecule has 8 N–H and O–H groups in total. The van der Waals surface area contributed by atoms with Crippen LogP contribution in [-0.2, 0) is 43.2 Å². The number of amides is 3. The molecule has 4 atom stereocenters. The van der Waals surface area contributed by atoms with Crippen LogP contribution >= 0.6 is 0 Å². The minimum Gasteiger partial charge on any atom is -0.481 e. The van der Waals surface area contributed by atoms with E-state index in [0.29, 0.717) is 16.8 Å². The molecule has 3 aromatic rings. The van der Waals surface area contributed by atoms with Crippen LogP contribution in [-0.4, -0.2) is 74.0 Å². The van der Waals surface area contributed by atoms with E-state index < -0.39 is 60.2 Å². The van der Waals surface area contributed by atoms with Crippen molar-refractivity contribution in [1.82, 2.24) is 25.9 Å². The topological polar surface area (TPSA) is 217 Å². The van der Waals surface area contributed by atoms with Crippen molar-refractivity contribution in [3.63, 3.8) is 0 Å². The van der Waals surface area contributed by atoms with Gasteiger partial charge in [0, 0.05) is 37.6 Å². The number of aliphatic carboxylic acids is 2. The van der Waals surface area contributed by atoms with Crippen LogP contribution in [0.1, 0.15) is 29.7 Å². The van der Waals surface area contributed by atoms with E-state index in [1.54, 1.807) is 60.7 Å². The van der Waals surface area contributed by atoms with Crippen molar-refractivity contribution in [3.05, 3.63) is 90.0 Å². The molecule has 0 fully saturated rings. The van der Waals surface area contributed by atoms with Gasteiger partial charge in [-0.2, -0.15) is 0 Å². The lowest BCUT2D eigenvalue weighted by molar-refractivity contribution is -0.143. The molecule has 13 nitrogen and oxygen atoms in total. The largest absolute Gasteiger partial charge is 0.481 e. The van der Waals surface area contributed by atoms with Gasteiger partial charge in [0.15, 0.2) is 0 Å². The quantitative estimate of drug-likeness (QED) is 0.123. The van der Waals surface area contributed by atoms with Crippen molar-refractivity contribution in [2.24, 2.45) is 5.73 Å². The summed E-state index contributed by atoms with van der Waals surface area (Å²) in [5.41, 5.74) is 8.04. The van der Waals surface area contributed by atoms with Gasteiger partial charge < -0.3 is 36.9 Å². The second-order valence-corrected chi connectivity index (χ2v) is 9.72. The monoisotopic (exact) mass is 578 g/mol. The highest BCUT2D eigenvalue weighted by Crippen LogP contribution is 2.08. The third kappa shape index (κ3) is 10.2. The number of nitrogens with zero attached hydrogens (tertiary/aromatic N) is 1. The average Bonchev–Trinajstić information content (AvgIpc) is 3.48. The number of aromatic nitrogens is 2. The lowest BCUT2D eigenvalue weighted by atomic mass is 10.0. The van der Waals surface area contributed by atoms with Crippen LogP contribution in [0.25, 0.3) is 0 Å². The van der Waals surface area contributed by atoms with E-state index in [1.165, 1.54) is 12.5 Å². The normalized spacial score (nSPS) is 13.6. The maximum Gasteiger partial charge on any atom is 0.326 e. The van der Waals surface area contributed by atoms with E-state index in [0.717, 1.165) is 0 Å². The zero-order chi connectivity index (χ0) is 30.5. The number of imidazole rings is 1. The van der Waals surface area contributed by atoms with E-state index in [-0.39, 0.29) is 25.7 Å². The molecule has 0 saturated carbocycles. The van der Waals surface area contributed by atoms with E-state index in [4.69, 9.17) is 5.73 Å². The summed E-state index contributed by atoms with van der Waals surface area (Å²) in [5, 5.41) is 26.5. The standard InChI is InChI=1S/C29H34N6O7/c30-21(15-20-16-31-17-32-20)26(38)34-23(13-18-7-3-1-4-8-18)28(40)33-22(11-12-25(36)37)27(39)35-24(29(41)42)14-19-9-5-2-6-10-19/h1-10,16-17,21-24H,11-15,30H2,(H,31,32)(H,33,40)(H,34,38)(H,35,39)(H,36,37)(H,41,42). The number of aromatic amines is 1. The molecule has 1 aromatic heterocycles. The van der Waals surface area contributed by atoms with E-state index in [2.05, 4.69) is 25.9 Å². The first kappa shape index (κ1) is 31.5. The summed E-state index contributed by atoms with van der Waals surface area (Å²) in [5.74, 6) is -4.76. The molecule has 0 saturated heterocycles. The van der Waals surface area contributed by atoms with Crippen molar-refractivity contribution in [3.8, 4) is 0 Å². The number of carbonyl (C=O) groups excluding carboxylic acids is 3. The maximum atomic E-state index is 13.5. The summed E-state index contributed by atoms with van der Waals surface area (Å²) < 4.78 is 0. The van der Waals surface area contributed by atoms with Crippen LogP contribution in [0.3, 0.4) is 0 Å². The molecular weight excluding hydrogens is 544 g/mol. The Morgan fingerprint density at radius 3 is 1.79 bits per heavy atom. The Morgan fingerprint density at radius 1 is 0.738 bits per heavy atom. The predicted octanol–water partition coefficient (Wildman–Crippen LogP) is 0.169. The Balaban J connectivity index is 1.76. The van der Waals surface area contributed by atoms with Gasteiger partial charge in [-0.05, 0) is 17.5 Å². The number of carboxylic acid groups (broad SMARTS) is 2. The van der Waals surface area contributed by atoms with Gasteiger partial charge in [0.1, 0.15) is 18.1 Å². The zero-order valence-corrected chi connectivity index (χ0v) is 22.7. The van der Waals surface area contributed by atoms with Gasteiger partial charge in [-0.15, -0.1) is 0 Å². The van der Waals surface area contributed by atoms with Crippen LogP contribution < -0.4 is 21.7 Å². The first-order chi connectivity index (χ1) is 20.1. The molecule has 0 bridgehead atoms. The van der Waals surface area contributed by atoms with Crippen molar-refractivity contribution < 1.29 is 34.2 Å². The fraction of sp³-hybridized carbons (Fsp3) is 0.310. The number of benzene rings is 2. The molecule has 13 heteroatoms. The number of carbonyl (C=O) groups is 5. The predicted molar refractivity (Wildman–Crippen MR) is 151 cm³/mol. The van der Waals surface area contributed by atoms with E-state index in [9.17, 15) is 34.2 Å². The Morgan fingerprint density at radius 2 is 1.26 bits per heavy atom. The van der Waals surface area contributed by atoms with Gasteiger partial charge in [0.25, 0.3) is 0 Å². The first-order valence-electron chi connectivity index (χ1n) is 13.3. The highest BCUT2D eigenvalue weighted by Gasteiger charge is 2.31. The van der Waals surface area contributed by atoms with Crippen LogP contribution in [0.4, 0.5) is 0 Å². The third-order valence-electron chi connectivity index (χ3n) is 6.42. The van der Waals surface area contributed by atoms with Crippen molar-refractivity contribution >= 4 is 29.7 Å². The first-order valence-corrected chi connectivity index (χ1v) is 13.3. The molecule has 0 radical (unpaired) electrons. The number of nitrogens with two attached hydrogens (primary N) is 1. The smallest absolute Gasteiger partial charge is 0.326 e. The molecular formula is C29H34N6O7. The van der Waals surface area contributed by atoms with Gasteiger partial charge in [-0.25, -0.2) is 9.78 Å². The zero-order valence-electron chi connectivity index (χ0n) is 22.7. The van der Waals surface area contributed by atoms with Crippen LogP contribution in [0, 0.1) is 0 Å². The average molecular weight is 579 g/mol. The van der Waals surface area contributed by atoms with Crippen molar-refractivity contribution in [2.45, 2.75) is 56.3 Å². The Labute approximate surface area is 241 Å². The Hall–Kier alpha value is -5.04. The fourth-order valence-electron chi connectivity index (χ4n) is 4.19. The number of H-pyrrole nitrogens is 1. The summed E-state index contributed by atoms with van der Waals surface area (Å²) in [6.07, 6.45) is 2.34. The molecule has 3 amide bonds. The van der Waals surface area contributed by atoms with Gasteiger partial charge in [0.05, 0.1) is 12.4 Å². The Bertz CT molecular complexity index is 1340. The van der Waals surface area contributed by atoms with Crippen LogP contribution in [0.15, 0.2) is 73.2 Å². The summed E-state index contributed by atoms with van der Waals surface area (Å²) in [6, 6.07) is 12.6. The summed E-state index contributed by atoms with van der Waals surface area (Å²) in [4.78, 5) is 69.5. The second-order valence-electron chi connectivity index (χ2n) is 9.72. The lowest BCUT2D eigenvalue weighted by Gasteiger charge is -2.25. The SMILES string of the molecule is NC(Cc1cnc[nH]1)C(=O)NC(Cc1ccccc1)C(=O)NC(CCC(=O)O)C(=O)NC(Cc1ccccc1)C(=O)O. The molecule has 0 aliphatic rings. The molecule has 1 heterocycles. The van der Waals surface area contributed by atoms with E-state index in [1.807, 2.05) is 0 Å².